The molecule has 0 aliphatic carbocycles. The van der Waals surface area contributed by atoms with Crippen molar-refractivity contribution < 1.29 is 4.79 Å². The van der Waals surface area contributed by atoms with Crippen molar-refractivity contribution in [3.63, 3.8) is 0 Å². The second kappa shape index (κ2) is 7.73. The van der Waals surface area contributed by atoms with Crippen LogP contribution >= 0.6 is 15.9 Å². The Morgan fingerprint density at radius 2 is 2.11 bits per heavy atom. The molecular formula is C15H25BrN2O. The summed E-state index contributed by atoms with van der Waals surface area (Å²) in [6, 6.07) is 1.93. The Bertz CT molecular complexity index is 414. The summed E-state index contributed by atoms with van der Waals surface area (Å²) in [5.74, 6) is 0.684. The first-order chi connectivity index (χ1) is 9.03. The van der Waals surface area contributed by atoms with Gasteiger partial charge in [-0.25, -0.2) is 0 Å². The van der Waals surface area contributed by atoms with Crippen molar-refractivity contribution in [1.29, 1.82) is 0 Å². The van der Waals surface area contributed by atoms with Gasteiger partial charge >= 0.3 is 0 Å². The molecule has 3 nitrogen and oxygen atoms in total. The molecule has 4 heteroatoms. The third-order valence-electron chi connectivity index (χ3n) is 3.44. The predicted molar refractivity (Wildman–Crippen MR) is 83.5 cm³/mol. The lowest BCUT2D eigenvalue weighted by atomic mass is 10.1. The van der Waals surface area contributed by atoms with E-state index in [1.807, 2.05) is 28.7 Å². The van der Waals surface area contributed by atoms with E-state index in [4.69, 9.17) is 0 Å². The van der Waals surface area contributed by atoms with Gasteiger partial charge in [-0.15, -0.1) is 0 Å². The van der Waals surface area contributed by atoms with Crippen molar-refractivity contribution in [2.24, 2.45) is 5.92 Å². The van der Waals surface area contributed by atoms with Gasteiger partial charge in [-0.1, -0.05) is 27.2 Å². The maximum Gasteiger partial charge on any atom is 0.270 e. The van der Waals surface area contributed by atoms with Gasteiger partial charge in [-0.3, -0.25) is 4.79 Å². The molecule has 0 aromatic carbocycles. The molecule has 1 atom stereocenters. The van der Waals surface area contributed by atoms with Crippen LogP contribution in [0.15, 0.2) is 16.7 Å². The standard InChI is InChI=1S/C15H25BrN2O/c1-5-8-18-11-13(16)9-14(18)15(19)17(7-3)10-12(4)6-2/h9,11-12H,5-8,10H2,1-4H3. The molecule has 19 heavy (non-hydrogen) atoms. The second-order valence-corrected chi connectivity index (χ2v) is 6.01. The Morgan fingerprint density at radius 1 is 1.42 bits per heavy atom. The molecule has 1 unspecified atom stereocenters. The van der Waals surface area contributed by atoms with E-state index >= 15 is 0 Å². The third kappa shape index (κ3) is 4.37. The van der Waals surface area contributed by atoms with Crippen LogP contribution in [0.4, 0.5) is 0 Å². The molecular weight excluding hydrogens is 304 g/mol. The number of halogens is 1. The minimum Gasteiger partial charge on any atom is -0.342 e. The molecule has 108 valence electrons. The van der Waals surface area contributed by atoms with Crippen LogP contribution in [0.1, 0.15) is 51.0 Å². The van der Waals surface area contributed by atoms with Crippen LogP contribution in [0.5, 0.6) is 0 Å². The number of rotatable bonds is 7. The van der Waals surface area contributed by atoms with E-state index in [0.717, 1.165) is 42.6 Å². The van der Waals surface area contributed by atoms with Gasteiger partial charge < -0.3 is 9.47 Å². The van der Waals surface area contributed by atoms with E-state index < -0.39 is 0 Å². The first kappa shape index (κ1) is 16.3. The van der Waals surface area contributed by atoms with Gasteiger partial charge in [0.1, 0.15) is 5.69 Å². The Kier molecular flexibility index (Phi) is 6.63. The minimum atomic E-state index is 0.141. The number of carbonyl (C=O) groups is 1. The Hall–Kier alpha value is -0.770. The third-order valence-corrected chi connectivity index (χ3v) is 3.88. The van der Waals surface area contributed by atoms with Crippen molar-refractivity contribution >= 4 is 21.8 Å². The fourth-order valence-corrected chi connectivity index (χ4v) is 2.57. The van der Waals surface area contributed by atoms with Crippen LogP contribution in [0.25, 0.3) is 0 Å². The molecule has 1 aromatic heterocycles. The maximum absolute atomic E-state index is 12.6. The van der Waals surface area contributed by atoms with Gasteiger partial charge in [0, 0.05) is 30.3 Å². The number of aryl methyl sites for hydroxylation is 1. The zero-order chi connectivity index (χ0) is 14.4. The molecule has 0 spiro atoms. The molecule has 1 amide bonds. The van der Waals surface area contributed by atoms with Gasteiger partial charge in [0.15, 0.2) is 0 Å². The van der Waals surface area contributed by atoms with Crippen molar-refractivity contribution in [3.05, 3.63) is 22.4 Å². The van der Waals surface area contributed by atoms with E-state index in [9.17, 15) is 4.79 Å². The summed E-state index contributed by atoms with van der Waals surface area (Å²) in [5.41, 5.74) is 0.791. The van der Waals surface area contributed by atoms with Gasteiger partial charge in [0.2, 0.25) is 0 Å². The molecule has 0 radical (unpaired) electrons. The molecule has 0 saturated carbocycles. The molecule has 0 aliphatic heterocycles. The van der Waals surface area contributed by atoms with Crippen molar-refractivity contribution in [1.82, 2.24) is 9.47 Å². The smallest absolute Gasteiger partial charge is 0.270 e. The minimum absolute atomic E-state index is 0.141. The quantitative estimate of drug-likeness (QED) is 0.737. The predicted octanol–water partition coefficient (Wildman–Crippen LogP) is 4.17. The second-order valence-electron chi connectivity index (χ2n) is 5.09. The van der Waals surface area contributed by atoms with E-state index in [2.05, 4.69) is 36.7 Å². The number of hydrogen-bond donors (Lipinski definition) is 0. The number of carbonyl (C=O) groups excluding carboxylic acids is 1. The SMILES string of the molecule is CCCn1cc(Br)cc1C(=O)N(CC)CC(C)CC. The average molecular weight is 329 g/mol. The highest BCUT2D eigenvalue weighted by Crippen LogP contribution is 2.18. The normalized spacial score (nSPS) is 12.5. The fourth-order valence-electron chi connectivity index (χ4n) is 2.10. The summed E-state index contributed by atoms with van der Waals surface area (Å²) in [4.78, 5) is 14.6. The highest BCUT2D eigenvalue weighted by atomic mass is 79.9. The first-order valence-electron chi connectivity index (χ1n) is 7.18. The zero-order valence-corrected chi connectivity index (χ0v) is 14.0. The molecule has 0 bridgehead atoms. The number of amides is 1. The lowest BCUT2D eigenvalue weighted by molar-refractivity contribution is 0.0730. The summed E-state index contributed by atoms with van der Waals surface area (Å²) < 4.78 is 3.02. The lowest BCUT2D eigenvalue weighted by Crippen LogP contribution is -2.35. The monoisotopic (exact) mass is 328 g/mol. The van der Waals surface area contributed by atoms with Crippen molar-refractivity contribution in [3.8, 4) is 0 Å². The highest BCUT2D eigenvalue weighted by molar-refractivity contribution is 9.10. The highest BCUT2D eigenvalue weighted by Gasteiger charge is 2.20. The van der Waals surface area contributed by atoms with E-state index in [0.29, 0.717) is 5.92 Å². The Morgan fingerprint density at radius 3 is 2.63 bits per heavy atom. The van der Waals surface area contributed by atoms with Crippen LogP contribution in [0.2, 0.25) is 0 Å². The summed E-state index contributed by atoms with van der Waals surface area (Å²) in [7, 11) is 0. The average Bonchev–Trinajstić information content (AvgIpc) is 2.76. The van der Waals surface area contributed by atoms with Crippen LogP contribution in [0.3, 0.4) is 0 Å². The Balaban J connectivity index is 2.90. The van der Waals surface area contributed by atoms with Crippen LogP contribution in [-0.4, -0.2) is 28.5 Å². The van der Waals surface area contributed by atoms with E-state index in [1.165, 1.54) is 0 Å². The maximum atomic E-state index is 12.6. The fraction of sp³-hybridized carbons (Fsp3) is 0.667. The van der Waals surface area contributed by atoms with Gasteiger partial charge in [-0.2, -0.15) is 0 Å². The summed E-state index contributed by atoms with van der Waals surface area (Å²) in [6.07, 6.45) is 4.12. The van der Waals surface area contributed by atoms with Crippen molar-refractivity contribution in [2.75, 3.05) is 13.1 Å². The zero-order valence-electron chi connectivity index (χ0n) is 12.4. The first-order valence-corrected chi connectivity index (χ1v) is 7.97. The molecule has 1 heterocycles. The van der Waals surface area contributed by atoms with Crippen LogP contribution in [0, 0.1) is 5.92 Å². The summed E-state index contributed by atoms with van der Waals surface area (Å²) in [6.45, 7) is 11.0. The van der Waals surface area contributed by atoms with Crippen molar-refractivity contribution in [2.45, 2.75) is 47.1 Å². The number of hydrogen-bond acceptors (Lipinski definition) is 1. The number of nitrogens with zero attached hydrogens (tertiary/aromatic N) is 2. The molecule has 0 fully saturated rings. The summed E-state index contributed by atoms with van der Waals surface area (Å²) in [5, 5.41) is 0. The van der Waals surface area contributed by atoms with Crippen LogP contribution < -0.4 is 0 Å². The molecule has 0 N–H and O–H groups in total. The molecule has 0 saturated heterocycles. The number of aromatic nitrogens is 1. The van der Waals surface area contributed by atoms with E-state index in [-0.39, 0.29) is 5.91 Å². The van der Waals surface area contributed by atoms with Gasteiger partial charge in [-0.05, 0) is 41.3 Å². The Labute approximate surface area is 125 Å². The summed E-state index contributed by atoms with van der Waals surface area (Å²) >= 11 is 3.47. The largest absolute Gasteiger partial charge is 0.342 e. The van der Waals surface area contributed by atoms with Gasteiger partial charge in [0.25, 0.3) is 5.91 Å². The topological polar surface area (TPSA) is 25.2 Å². The molecule has 0 aliphatic rings. The lowest BCUT2D eigenvalue weighted by Gasteiger charge is -2.24. The molecule has 1 rings (SSSR count). The van der Waals surface area contributed by atoms with E-state index in [1.54, 1.807) is 0 Å². The molecule has 1 aromatic rings. The van der Waals surface area contributed by atoms with Crippen LogP contribution in [-0.2, 0) is 6.54 Å². The van der Waals surface area contributed by atoms with Gasteiger partial charge in [0.05, 0.1) is 0 Å².